The molecular weight excluding hydrogens is 336 g/mol. The maximum Gasteiger partial charge on any atom is 0.231 e. The van der Waals surface area contributed by atoms with Crippen molar-refractivity contribution in [2.24, 2.45) is 4.99 Å². The molecule has 4 rings (SSSR count). The van der Waals surface area contributed by atoms with Crippen LogP contribution in [-0.2, 0) is 0 Å². The Morgan fingerprint density at radius 2 is 2.20 bits per heavy atom. The summed E-state index contributed by atoms with van der Waals surface area (Å²) in [6.07, 6.45) is 7.05. The number of thiazole rings is 1. The van der Waals surface area contributed by atoms with Gasteiger partial charge in [0.1, 0.15) is 5.75 Å². The maximum atomic E-state index is 10.1. The number of benzene rings is 1. The molecule has 2 N–H and O–H groups in total. The molecule has 0 atom stereocenters. The fourth-order valence-electron chi connectivity index (χ4n) is 2.49. The van der Waals surface area contributed by atoms with Crippen molar-refractivity contribution < 1.29 is 9.84 Å². The molecular formula is C18H14N4O2S. The van der Waals surface area contributed by atoms with Gasteiger partial charge < -0.3 is 15.2 Å². The van der Waals surface area contributed by atoms with Gasteiger partial charge in [-0.15, -0.1) is 0 Å². The van der Waals surface area contributed by atoms with E-state index in [4.69, 9.17) is 4.74 Å². The number of nitrogens with one attached hydrogen (secondary N) is 1. The zero-order valence-electron chi connectivity index (χ0n) is 13.3. The number of hydrogen-bond acceptors (Lipinski definition) is 7. The van der Waals surface area contributed by atoms with Crippen molar-refractivity contribution in [2.45, 2.75) is 0 Å². The maximum absolute atomic E-state index is 10.1. The second-order valence-electron chi connectivity index (χ2n) is 5.31. The fourth-order valence-corrected chi connectivity index (χ4v) is 3.32. The lowest BCUT2D eigenvalue weighted by Gasteiger charge is -2.02. The van der Waals surface area contributed by atoms with Gasteiger partial charge in [-0.05, 0) is 30.3 Å². The zero-order valence-corrected chi connectivity index (χ0v) is 14.1. The van der Waals surface area contributed by atoms with Crippen LogP contribution in [0.1, 0.15) is 10.4 Å². The molecule has 25 heavy (non-hydrogen) atoms. The van der Waals surface area contributed by atoms with E-state index in [2.05, 4.69) is 20.3 Å². The summed E-state index contributed by atoms with van der Waals surface area (Å²) in [5.41, 5.74) is 3.58. The number of hydrogen-bond donors (Lipinski definition) is 2. The van der Waals surface area contributed by atoms with E-state index < -0.39 is 0 Å². The summed E-state index contributed by atoms with van der Waals surface area (Å²) >= 11 is 1.36. The summed E-state index contributed by atoms with van der Waals surface area (Å²) in [6.45, 7) is 0. The summed E-state index contributed by atoms with van der Waals surface area (Å²) in [7, 11) is 1.63. The van der Waals surface area contributed by atoms with Crippen LogP contribution in [-0.4, -0.2) is 28.4 Å². The largest absolute Gasteiger partial charge is 0.497 e. The van der Waals surface area contributed by atoms with E-state index >= 15 is 0 Å². The van der Waals surface area contributed by atoms with Crippen molar-refractivity contribution in [3.05, 3.63) is 53.2 Å². The van der Waals surface area contributed by atoms with E-state index in [0.29, 0.717) is 10.0 Å². The highest BCUT2D eigenvalue weighted by Gasteiger charge is 2.15. The third-order valence-corrected chi connectivity index (χ3v) is 4.60. The van der Waals surface area contributed by atoms with Gasteiger partial charge in [0.15, 0.2) is 5.13 Å². The highest BCUT2D eigenvalue weighted by atomic mass is 32.1. The summed E-state index contributed by atoms with van der Waals surface area (Å²) in [5, 5.41) is 13.9. The van der Waals surface area contributed by atoms with Gasteiger partial charge >= 0.3 is 0 Å². The number of pyridine rings is 1. The van der Waals surface area contributed by atoms with Gasteiger partial charge in [-0.3, -0.25) is 9.98 Å². The molecule has 1 aromatic carbocycles. The Labute approximate surface area is 148 Å². The quantitative estimate of drug-likeness (QED) is 0.735. The van der Waals surface area contributed by atoms with E-state index in [1.807, 2.05) is 36.4 Å². The van der Waals surface area contributed by atoms with Gasteiger partial charge in [-0.1, -0.05) is 11.3 Å². The van der Waals surface area contributed by atoms with Gasteiger partial charge in [0.05, 0.1) is 29.6 Å². The molecule has 0 unspecified atom stereocenters. The first-order chi connectivity index (χ1) is 12.2. The first-order valence-electron chi connectivity index (χ1n) is 7.54. The van der Waals surface area contributed by atoms with Crippen molar-refractivity contribution in [3.63, 3.8) is 0 Å². The van der Waals surface area contributed by atoms with Gasteiger partial charge in [-0.2, -0.15) is 4.98 Å². The predicted octanol–water partition coefficient (Wildman–Crippen LogP) is 4.25. The minimum Gasteiger partial charge on any atom is -0.497 e. The first-order valence-corrected chi connectivity index (χ1v) is 8.35. The Bertz CT molecular complexity index is 980. The summed E-state index contributed by atoms with van der Waals surface area (Å²) in [6, 6.07) is 9.45. The minimum absolute atomic E-state index is 0.0146. The number of aromatic hydroxyl groups is 1. The summed E-state index contributed by atoms with van der Waals surface area (Å²) in [4.78, 5) is 13.3. The lowest BCUT2D eigenvalue weighted by Crippen LogP contribution is -1.88. The van der Waals surface area contributed by atoms with Crippen LogP contribution in [0, 0.1) is 0 Å². The van der Waals surface area contributed by atoms with Crippen molar-refractivity contribution in [3.8, 4) is 11.6 Å². The van der Waals surface area contributed by atoms with Gasteiger partial charge in [0, 0.05) is 29.6 Å². The molecule has 3 heterocycles. The molecule has 124 valence electrons. The van der Waals surface area contributed by atoms with Crippen molar-refractivity contribution in [1.29, 1.82) is 0 Å². The number of aliphatic imine (C=N–C) groups is 1. The first kappa shape index (κ1) is 15.3. The molecule has 0 saturated heterocycles. The van der Waals surface area contributed by atoms with E-state index in [0.717, 1.165) is 28.3 Å². The Morgan fingerprint density at radius 1 is 1.28 bits per heavy atom. The second kappa shape index (κ2) is 6.37. The smallest absolute Gasteiger partial charge is 0.231 e. The standard InChI is InChI=1S/C18H14N4O2S/c1-24-13-4-5-14-11(9-20-15(14)8-13)7-16-17(23)22-18(25-16)21-12-3-2-6-19-10-12/h2-10,23H,1H3,(H,21,22). The molecule has 0 saturated carbocycles. The van der Waals surface area contributed by atoms with Crippen LogP contribution in [0.5, 0.6) is 11.6 Å². The van der Waals surface area contributed by atoms with Crippen molar-refractivity contribution in [1.82, 2.24) is 9.97 Å². The van der Waals surface area contributed by atoms with Crippen molar-refractivity contribution >= 4 is 45.7 Å². The fraction of sp³-hybridized carbons (Fsp3) is 0.0556. The predicted molar refractivity (Wildman–Crippen MR) is 100 cm³/mol. The van der Waals surface area contributed by atoms with Gasteiger partial charge in [0.2, 0.25) is 5.88 Å². The molecule has 0 amide bonds. The van der Waals surface area contributed by atoms with Crippen LogP contribution >= 0.6 is 11.3 Å². The van der Waals surface area contributed by atoms with Crippen LogP contribution in [0.2, 0.25) is 0 Å². The number of allylic oxidation sites excluding steroid dienone is 1. The monoisotopic (exact) mass is 350 g/mol. The van der Waals surface area contributed by atoms with Crippen molar-refractivity contribution in [2.75, 3.05) is 12.4 Å². The molecule has 3 aromatic rings. The topological polar surface area (TPSA) is 79.6 Å². The average molecular weight is 350 g/mol. The summed E-state index contributed by atoms with van der Waals surface area (Å²) < 4.78 is 5.22. The molecule has 1 aliphatic rings. The number of methoxy groups -OCH3 is 1. The Hall–Kier alpha value is -3.19. The van der Waals surface area contributed by atoms with E-state index in [-0.39, 0.29) is 5.88 Å². The number of nitrogens with zero attached hydrogens (tertiary/aromatic N) is 3. The van der Waals surface area contributed by atoms with Crippen LogP contribution in [0.15, 0.2) is 47.7 Å². The number of fused-ring (bicyclic) bond motifs is 1. The van der Waals surface area contributed by atoms with Crippen LogP contribution in [0.4, 0.5) is 16.5 Å². The van der Waals surface area contributed by atoms with Gasteiger partial charge in [0.25, 0.3) is 0 Å². The van der Waals surface area contributed by atoms with Crippen LogP contribution < -0.4 is 10.1 Å². The molecule has 0 fully saturated rings. The van der Waals surface area contributed by atoms with Gasteiger partial charge in [-0.25, -0.2) is 0 Å². The molecule has 0 spiro atoms. The SMILES string of the molecule is COc1ccc2c(c1)N=CC2=Cc1sc(Nc2cccnc2)nc1O. The third-order valence-electron chi connectivity index (χ3n) is 3.69. The normalized spacial score (nSPS) is 13.9. The lowest BCUT2D eigenvalue weighted by atomic mass is 10.1. The van der Waals surface area contributed by atoms with Crippen LogP contribution in [0.25, 0.3) is 11.6 Å². The molecule has 1 aliphatic heterocycles. The minimum atomic E-state index is -0.0146. The van der Waals surface area contributed by atoms with E-state index in [1.165, 1.54) is 11.3 Å². The summed E-state index contributed by atoms with van der Waals surface area (Å²) in [5.74, 6) is 0.750. The Kier molecular flexibility index (Phi) is 3.91. The lowest BCUT2D eigenvalue weighted by molar-refractivity contribution is 0.415. The Morgan fingerprint density at radius 3 is 3.00 bits per heavy atom. The average Bonchev–Trinajstić information content (AvgIpc) is 3.19. The van der Waals surface area contributed by atoms with Crippen LogP contribution in [0.3, 0.4) is 0 Å². The number of anilines is 2. The molecule has 6 nitrogen and oxygen atoms in total. The van der Waals surface area contributed by atoms with E-state index in [9.17, 15) is 5.11 Å². The number of ether oxygens (including phenoxy) is 1. The molecule has 7 heteroatoms. The second-order valence-corrected chi connectivity index (χ2v) is 6.35. The zero-order chi connectivity index (χ0) is 17.2. The highest BCUT2D eigenvalue weighted by Crippen LogP contribution is 2.38. The molecule has 0 radical (unpaired) electrons. The molecule has 0 bridgehead atoms. The van der Waals surface area contributed by atoms with E-state index in [1.54, 1.807) is 25.7 Å². The third kappa shape index (κ3) is 3.09. The number of aromatic nitrogens is 2. The highest BCUT2D eigenvalue weighted by molar-refractivity contribution is 7.16. The Balaban J connectivity index is 1.62. The number of rotatable bonds is 4. The molecule has 2 aromatic heterocycles. The molecule has 0 aliphatic carbocycles.